The zero-order valence-corrected chi connectivity index (χ0v) is 21.9. The third kappa shape index (κ3) is 4.86. The highest BCUT2D eigenvalue weighted by atomic mass is 35.5. The maximum absolute atomic E-state index is 13.6. The molecule has 2 aromatic carbocycles. The van der Waals surface area contributed by atoms with Crippen molar-refractivity contribution < 1.29 is 23.8 Å². The fourth-order valence-corrected chi connectivity index (χ4v) is 5.61. The van der Waals surface area contributed by atoms with Gasteiger partial charge in [-0.2, -0.15) is 0 Å². The predicted octanol–water partition coefficient (Wildman–Crippen LogP) is 7.20. The number of carbonyl (C=O) groups excluding carboxylic acids is 2. The summed E-state index contributed by atoms with van der Waals surface area (Å²) in [5, 5.41) is 11.9. The summed E-state index contributed by atoms with van der Waals surface area (Å²) in [7, 11) is 0. The van der Waals surface area contributed by atoms with Gasteiger partial charge in [-0.3, -0.25) is 14.5 Å². The minimum atomic E-state index is -0.930. The minimum absolute atomic E-state index is 0.0433. The Labute approximate surface area is 222 Å². The van der Waals surface area contributed by atoms with E-state index in [4.69, 9.17) is 20.8 Å². The molecule has 0 saturated heterocycles. The molecule has 0 aliphatic carbocycles. The van der Waals surface area contributed by atoms with Crippen molar-refractivity contribution >= 4 is 50.0 Å². The summed E-state index contributed by atoms with van der Waals surface area (Å²) in [6.07, 6.45) is 3.06. The molecule has 190 valence electrons. The van der Waals surface area contributed by atoms with E-state index in [-0.39, 0.29) is 11.3 Å². The van der Waals surface area contributed by atoms with E-state index in [1.807, 2.05) is 6.07 Å². The van der Waals surface area contributed by atoms with Crippen LogP contribution in [0.2, 0.25) is 5.02 Å². The summed E-state index contributed by atoms with van der Waals surface area (Å²) in [6, 6.07) is 14.8. The Hall–Kier alpha value is -3.62. The number of aliphatic hydroxyl groups excluding tert-OH is 1. The number of aromatic nitrogens is 1. The van der Waals surface area contributed by atoms with Crippen LogP contribution in [0, 0.1) is 6.92 Å². The second-order valence-corrected chi connectivity index (χ2v) is 10.3. The molecule has 1 aliphatic heterocycles. The molecular formula is C28H25ClN2O5S. The molecule has 1 amide bonds. The SMILES string of the molecule is CCCCCOc1cccc(C2C(C(=O)c3ccc(C)o3)=C(O)C(=O)N2c2nc3ccc(Cl)cc3s2)c1. The lowest BCUT2D eigenvalue weighted by molar-refractivity contribution is -0.117. The largest absolute Gasteiger partial charge is 0.503 e. The quantitative estimate of drug-likeness (QED) is 0.179. The molecule has 4 aromatic rings. The first kappa shape index (κ1) is 25.0. The number of furan rings is 1. The van der Waals surface area contributed by atoms with Crippen LogP contribution in [0.5, 0.6) is 5.75 Å². The van der Waals surface area contributed by atoms with Crippen LogP contribution in [-0.4, -0.2) is 28.4 Å². The maximum Gasteiger partial charge on any atom is 0.296 e. The van der Waals surface area contributed by atoms with Crippen LogP contribution in [0.15, 0.2) is 70.3 Å². The molecule has 0 radical (unpaired) electrons. The number of nitrogens with zero attached hydrogens (tertiary/aromatic N) is 2. The van der Waals surface area contributed by atoms with Crippen LogP contribution < -0.4 is 9.64 Å². The summed E-state index contributed by atoms with van der Waals surface area (Å²) >= 11 is 7.41. The van der Waals surface area contributed by atoms with Gasteiger partial charge in [-0.05, 0) is 61.4 Å². The number of rotatable bonds is 9. The van der Waals surface area contributed by atoms with Crippen molar-refractivity contribution in [2.45, 2.75) is 39.2 Å². The molecule has 0 fully saturated rings. The van der Waals surface area contributed by atoms with Gasteiger partial charge >= 0.3 is 0 Å². The number of anilines is 1. The monoisotopic (exact) mass is 536 g/mol. The number of halogens is 1. The number of amides is 1. The molecule has 2 aromatic heterocycles. The summed E-state index contributed by atoms with van der Waals surface area (Å²) in [6.45, 7) is 4.40. The molecule has 9 heteroatoms. The molecule has 0 bridgehead atoms. The Bertz CT molecular complexity index is 1520. The molecule has 1 atom stereocenters. The number of unbranched alkanes of at least 4 members (excludes halogenated alkanes) is 2. The predicted molar refractivity (Wildman–Crippen MR) is 144 cm³/mol. The standard InChI is InChI=1S/C28H25ClN2O5S/c1-3-4-5-13-35-19-8-6-7-17(14-19)24-23(25(32)21-12-9-16(2)36-21)26(33)27(34)31(24)28-30-20-11-10-18(29)15-22(20)37-28/h6-12,14-15,24,33H,3-5,13H2,1-2H3. The number of ketones is 1. The number of hydrogen-bond donors (Lipinski definition) is 1. The first-order valence-corrected chi connectivity index (χ1v) is 13.2. The topological polar surface area (TPSA) is 92.9 Å². The van der Waals surface area contributed by atoms with Gasteiger partial charge in [0.15, 0.2) is 16.7 Å². The number of aryl methyl sites for hydroxylation is 1. The first-order chi connectivity index (χ1) is 17.9. The Balaban J connectivity index is 1.59. The molecule has 1 aliphatic rings. The van der Waals surface area contributed by atoms with Crippen LogP contribution in [0.3, 0.4) is 0 Å². The van der Waals surface area contributed by atoms with Crippen LogP contribution >= 0.6 is 22.9 Å². The second kappa shape index (κ2) is 10.4. The van der Waals surface area contributed by atoms with Crippen molar-refractivity contribution in [3.8, 4) is 5.75 Å². The number of thiazole rings is 1. The molecule has 1 unspecified atom stereocenters. The summed E-state index contributed by atoms with van der Waals surface area (Å²) < 4.78 is 12.3. The van der Waals surface area contributed by atoms with Crippen LogP contribution in [0.4, 0.5) is 5.13 Å². The number of carbonyl (C=O) groups is 2. The van der Waals surface area contributed by atoms with Crippen LogP contribution in [-0.2, 0) is 4.79 Å². The van der Waals surface area contributed by atoms with E-state index in [0.29, 0.717) is 39.4 Å². The van der Waals surface area contributed by atoms with E-state index in [0.717, 1.165) is 24.0 Å². The molecule has 3 heterocycles. The lowest BCUT2D eigenvalue weighted by Gasteiger charge is -2.24. The van der Waals surface area contributed by atoms with E-state index in [1.54, 1.807) is 49.4 Å². The van der Waals surface area contributed by atoms with Crippen molar-refractivity contribution in [3.63, 3.8) is 0 Å². The van der Waals surface area contributed by atoms with Crippen molar-refractivity contribution in [1.82, 2.24) is 4.98 Å². The van der Waals surface area contributed by atoms with Gasteiger partial charge in [-0.25, -0.2) is 4.98 Å². The zero-order valence-electron chi connectivity index (χ0n) is 20.4. The molecule has 5 rings (SSSR count). The Morgan fingerprint density at radius 3 is 2.78 bits per heavy atom. The van der Waals surface area contributed by atoms with Gasteiger partial charge in [0.1, 0.15) is 11.5 Å². The van der Waals surface area contributed by atoms with Gasteiger partial charge in [0.2, 0.25) is 5.78 Å². The van der Waals surface area contributed by atoms with Gasteiger partial charge in [0.25, 0.3) is 5.91 Å². The summed E-state index contributed by atoms with van der Waals surface area (Å²) in [5.41, 5.74) is 1.19. The highest BCUT2D eigenvalue weighted by Gasteiger charge is 2.46. The highest BCUT2D eigenvalue weighted by molar-refractivity contribution is 7.22. The van der Waals surface area contributed by atoms with Crippen molar-refractivity contribution in [2.24, 2.45) is 0 Å². The molecule has 0 saturated carbocycles. The average molecular weight is 537 g/mol. The van der Waals surface area contributed by atoms with Crippen molar-refractivity contribution in [1.29, 1.82) is 0 Å². The maximum atomic E-state index is 13.6. The van der Waals surface area contributed by atoms with Gasteiger partial charge in [0.05, 0.1) is 28.4 Å². The number of benzene rings is 2. The highest BCUT2D eigenvalue weighted by Crippen LogP contribution is 2.45. The van der Waals surface area contributed by atoms with E-state index in [9.17, 15) is 14.7 Å². The number of aliphatic hydroxyl groups is 1. The molecule has 1 N–H and O–H groups in total. The Morgan fingerprint density at radius 2 is 2.03 bits per heavy atom. The van der Waals surface area contributed by atoms with E-state index < -0.39 is 23.5 Å². The van der Waals surface area contributed by atoms with E-state index >= 15 is 0 Å². The fourth-order valence-electron chi connectivity index (χ4n) is 4.35. The number of ether oxygens (including phenoxy) is 1. The third-order valence-electron chi connectivity index (χ3n) is 6.15. The molecule has 37 heavy (non-hydrogen) atoms. The van der Waals surface area contributed by atoms with E-state index in [2.05, 4.69) is 11.9 Å². The Morgan fingerprint density at radius 1 is 1.19 bits per heavy atom. The van der Waals surface area contributed by atoms with Gasteiger partial charge in [-0.1, -0.05) is 54.8 Å². The lowest BCUT2D eigenvalue weighted by Crippen LogP contribution is -2.31. The van der Waals surface area contributed by atoms with Crippen LogP contribution in [0.25, 0.3) is 10.2 Å². The molecule has 7 nitrogen and oxygen atoms in total. The molecule has 0 spiro atoms. The van der Waals surface area contributed by atoms with Crippen LogP contribution in [0.1, 0.15) is 54.1 Å². The van der Waals surface area contributed by atoms with Gasteiger partial charge < -0.3 is 14.3 Å². The zero-order chi connectivity index (χ0) is 26.1. The number of Topliss-reactive ketones (excluding diaryl/α,β-unsaturated/α-hetero) is 1. The smallest absolute Gasteiger partial charge is 0.296 e. The number of hydrogen-bond acceptors (Lipinski definition) is 7. The number of fused-ring (bicyclic) bond motifs is 1. The molecular weight excluding hydrogens is 512 g/mol. The van der Waals surface area contributed by atoms with Gasteiger partial charge in [0, 0.05) is 5.02 Å². The minimum Gasteiger partial charge on any atom is -0.503 e. The Kier molecular flexibility index (Phi) is 7.04. The van der Waals surface area contributed by atoms with Crippen molar-refractivity contribution in [2.75, 3.05) is 11.5 Å². The summed E-state index contributed by atoms with van der Waals surface area (Å²) in [4.78, 5) is 33.0. The fraction of sp³-hybridized carbons (Fsp3) is 0.250. The van der Waals surface area contributed by atoms with Gasteiger partial charge in [-0.15, -0.1) is 0 Å². The summed E-state index contributed by atoms with van der Waals surface area (Å²) in [5.74, 6) is -0.700. The van der Waals surface area contributed by atoms with Crippen molar-refractivity contribution in [3.05, 3.63) is 88.0 Å². The average Bonchev–Trinajstić information content (AvgIpc) is 3.57. The normalized spacial score (nSPS) is 15.7. The lowest BCUT2D eigenvalue weighted by atomic mass is 9.95. The second-order valence-electron chi connectivity index (χ2n) is 8.82. The third-order valence-corrected chi connectivity index (χ3v) is 7.41. The first-order valence-electron chi connectivity index (χ1n) is 12.0. The van der Waals surface area contributed by atoms with E-state index in [1.165, 1.54) is 22.3 Å².